The lowest BCUT2D eigenvalue weighted by atomic mass is 10.1. The number of thioether (sulfide) groups is 1. The molecule has 6 heteroatoms. The number of fused-ring (bicyclic) bond motifs is 1. The van der Waals surface area contributed by atoms with Crippen LogP contribution in [0.4, 0.5) is 4.39 Å². The molecule has 4 nitrogen and oxygen atoms in total. The molecule has 0 fully saturated rings. The largest absolute Gasteiger partial charge is 0.352 e. The Morgan fingerprint density at radius 3 is 2.79 bits per heavy atom. The Morgan fingerprint density at radius 2 is 1.93 bits per heavy atom. The molecule has 4 aromatic rings. The van der Waals surface area contributed by atoms with Gasteiger partial charge in [0.05, 0.1) is 11.3 Å². The van der Waals surface area contributed by atoms with Gasteiger partial charge in [-0.2, -0.15) is 0 Å². The number of aromatic nitrogens is 2. The first-order chi connectivity index (χ1) is 14.2. The van der Waals surface area contributed by atoms with Crippen molar-refractivity contribution in [2.24, 2.45) is 0 Å². The molecule has 0 aliphatic carbocycles. The second-order valence-electron chi connectivity index (χ2n) is 6.62. The van der Waals surface area contributed by atoms with Gasteiger partial charge < -0.3 is 9.72 Å². The molecule has 0 saturated carbocycles. The molecule has 0 aliphatic rings. The lowest BCUT2D eigenvalue weighted by Gasteiger charge is -2.09. The molecule has 1 amide bonds. The predicted octanol–water partition coefficient (Wildman–Crippen LogP) is 4.74. The first kappa shape index (κ1) is 19.2. The number of benzene rings is 2. The maximum absolute atomic E-state index is 13.3. The van der Waals surface area contributed by atoms with Crippen LogP contribution in [-0.4, -0.2) is 21.8 Å². The Hall–Kier alpha value is -3.12. The summed E-state index contributed by atoms with van der Waals surface area (Å²) in [7, 11) is 0. The van der Waals surface area contributed by atoms with Crippen LogP contribution in [0.3, 0.4) is 0 Å². The molecule has 1 N–H and O–H groups in total. The normalized spacial score (nSPS) is 10.9. The van der Waals surface area contributed by atoms with Gasteiger partial charge in [0, 0.05) is 29.6 Å². The summed E-state index contributed by atoms with van der Waals surface area (Å²) in [5, 5.41) is 2.93. The van der Waals surface area contributed by atoms with Crippen molar-refractivity contribution in [2.45, 2.75) is 17.1 Å². The number of carbonyl (C=O) groups excluding carboxylic acids is 1. The highest BCUT2D eigenvalue weighted by Gasteiger charge is 2.12. The number of nitrogens with one attached hydrogen (secondary N) is 1. The zero-order valence-electron chi connectivity index (χ0n) is 15.7. The van der Waals surface area contributed by atoms with Gasteiger partial charge in [-0.05, 0) is 48.4 Å². The van der Waals surface area contributed by atoms with E-state index in [1.807, 2.05) is 65.3 Å². The minimum absolute atomic E-state index is 0.125. The average Bonchev–Trinajstić information content (AvgIpc) is 3.15. The number of imidazole rings is 1. The molecule has 2 aromatic carbocycles. The maximum Gasteiger partial charge on any atom is 0.252 e. The lowest BCUT2D eigenvalue weighted by molar-refractivity contribution is 0.0951. The van der Waals surface area contributed by atoms with Gasteiger partial charge in [0.15, 0.2) is 0 Å². The third-order valence-electron chi connectivity index (χ3n) is 4.51. The Labute approximate surface area is 172 Å². The van der Waals surface area contributed by atoms with Crippen LogP contribution in [0.1, 0.15) is 21.6 Å². The van der Waals surface area contributed by atoms with E-state index in [0.717, 1.165) is 21.8 Å². The van der Waals surface area contributed by atoms with Gasteiger partial charge in [-0.15, -0.1) is 11.8 Å². The fourth-order valence-corrected chi connectivity index (χ4v) is 4.03. The monoisotopic (exact) mass is 405 g/mol. The molecule has 0 spiro atoms. The minimum atomic E-state index is -0.262. The topological polar surface area (TPSA) is 46.4 Å². The molecule has 0 unspecified atom stereocenters. The number of carbonyl (C=O) groups is 1. The fraction of sp³-hybridized carbons (Fsp3) is 0.130. The molecular formula is C23H20FN3OS. The second kappa shape index (κ2) is 8.92. The third kappa shape index (κ3) is 4.84. The van der Waals surface area contributed by atoms with Crippen LogP contribution in [0.2, 0.25) is 0 Å². The molecular weight excluding hydrogens is 385 g/mol. The number of hydrogen-bond acceptors (Lipinski definition) is 3. The fourth-order valence-electron chi connectivity index (χ4n) is 3.10. The molecule has 0 aliphatic heterocycles. The lowest BCUT2D eigenvalue weighted by Crippen LogP contribution is -2.26. The summed E-state index contributed by atoms with van der Waals surface area (Å²) < 4.78 is 15.3. The highest BCUT2D eigenvalue weighted by Crippen LogP contribution is 2.26. The average molecular weight is 405 g/mol. The molecule has 4 rings (SSSR count). The molecule has 0 bridgehead atoms. The highest BCUT2D eigenvalue weighted by atomic mass is 32.2. The molecule has 29 heavy (non-hydrogen) atoms. The van der Waals surface area contributed by atoms with Crippen LogP contribution < -0.4 is 5.32 Å². The molecule has 2 heterocycles. The Kier molecular flexibility index (Phi) is 5.91. The molecule has 2 aromatic heterocycles. The predicted molar refractivity (Wildman–Crippen MR) is 114 cm³/mol. The summed E-state index contributed by atoms with van der Waals surface area (Å²) in [4.78, 5) is 18.2. The second-order valence-corrected chi connectivity index (χ2v) is 7.64. The number of pyridine rings is 1. The van der Waals surface area contributed by atoms with Crippen LogP contribution >= 0.6 is 11.8 Å². The maximum atomic E-state index is 13.3. The summed E-state index contributed by atoms with van der Waals surface area (Å²) in [6, 6.07) is 19.9. The van der Waals surface area contributed by atoms with E-state index in [4.69, 9.17) is 0 Å². The van der Waals surface area contributed by atoms with E-state index in [9.17, 15) is 9.18 Å². The Morgan fingerprint density at radius 1 is 1.07 bits per heavy atom. The van der Waals surface area contributed by atoms with E-state index in [0.29, 0.717) is 24.3 Å². The minimum Gasteiger partial charge on any atom is -0.352 e. The highest BCUT2D eigenvalue weighted by molar-refractivity contribution is 7.98. The zero-order valence-corrected chi connectivity index (χ0v) is 16.5. The SMILES string of the molecule is O=C(NCCc1cccc(F)c1)c1ccccc1SCc1cn2ccccc2n1. The first-order valence-electron chi connectivity index (χ1n) is 9.36. The van der Waals surface area contributed by atoms with Gasteiger partial charge >= 0.3 is 0 Å². The van der Waals surface area contributed by atoms with E-state index in [-0.39, 0.29) is 11.7 Å². The van der Waals surface area contributed by atoms with Gasteiger partial charge in [-0.3, -0.25) is 4.79 Å². The van der Waals surface area contributed by atoms with Crippen molar-refractivity contribution in [3.8, 4) is 0 Å². The molecule has 146 valence electrons. The number of rotatable bonds is 7. The van der Waals surface area contributed by atoms with Crippen molar-refractivity contribution in [3.63, 3.8) is 0 Å². The molecule has 0 saturated heterocycles. The van der Waals surface area contributed by atoms with Crippen molar-refractivity contribution < 1.29 is 9.18 Å². The van der Waals surface area contributed by atoms with Gasteiger partial charge in [0.1, 0.15) is 11.5 Å². The van der Waals surface area contributed by atoms with Crippen molar-refractivity contribution in [1.82, 2.24) is 14.7 Å². The van der Waals surface area contributed by atoms with Crippen molar-refractivity contribution in [2.75, 3.05) is 6.54 Å². The summed E-state index contributed by atoms with van der Waals surface area (Å²) >= 11 is 1.59. The summed E-state index contributed by atoms with van der Waals surface area (Å²) in [5.41, 5.74) is 3.37. The van der Waals surface area contributed by atoms with Gasteiger partial charge in [0.25, 0.3) is 5.91 Å². The zero-order chi connectivity index (χ0) is 20.1. The van der Waals surface area contributed by atoms with Gasteiger partial charge in [-0.25, -0.2) is 9.37 Å². The van der Waals surface area contributed by atoms with E-state index >= 15 is 0 Å². The van der Waals surface area contributed by atoms with Gasteiger partial charge in [0.2, 0.25) is 0 Å². The van der Waals surface area contributed by atoms with Crippen molar-refractivity contribution >= 4 is 23.3 Å². The first-order valence-corrected chi connectivity index (χ1v) is 10.3. The van der Waals surface area contributed by atoms with Crippen molar-refractivity contribution in [3.05, 3.63) is 102 Å². The summed E-state index contributed by atoms with van der Waals surface area (Å²) in [5.74, 6) is 0.289. The number of nitrogens with zero attached hydrogens (tertiary/aromatic N) is 2. The number of halogens is 1. The van der Waals surface area contributed by atoms with E-state index in [1.165, 1.54) is 12.1 Å². The van der Waals surface area contributed by atoms with Gasteiger partial charge in [-0.1, -0.05) is 30.3 Å². The molecule has 0 atom stereocenters. The molecule has 0 radical (unpaired) electrons. The third-order valence-corrected chi connectivity index (χ3v) is 5.62. The van der Waals surface area contributed by atoms with Crippen LogP contribution in [-0.2, 0) is 12.2 Å². The van der Waals surface area contributed by atoms with Crippen LogP contribution in [0.25, 0.3) is 5.65 Å². The smallest absolute Gasteiger partial charge is 0.252 e. The summed E-state index contributed by atoms with van der Waals surface area (Å²) in [6.45, 7) is 0.452. The number of hydrogen-bond donors (Lipinski definition) is 1. The van der Waals surface area contributed by atoms with Crippen LogP contribution in [0.5, 0.6) is 0 Å². The standard InChI is InChI=1S/C23H20FN3OS/c24-18-7-5-6-17(14-18)11-12-25-23(28)20-8-1-2-9-21(20)29-16-19-15-27-13-4-3-10-22(27)26-19/h1-10,13-15H,11-12,16H2,(H,25,28). The number of amides is 1. The van der Waals surface area contributed by atoms with E-state index < -0.39 is 0 Å². The Bertz CT molecular complexity index is 1110. The van der Waals surface area contributed by atoms with Crippen molar-refractivity contribution in [1.29, 1.82) is 0 Å². The quantitative estimate of drug-likeness (QED) is 0.452. The van der Waals surface area contributed by atoms with Crippen LogP contribution in [0, 0.1) is 5.82 Å². The van der Waals surface area contributed by atoms with Crippen LogP contribution in [0.15, 0.2) is 84.0 Å². The summed E-state index contributed by atoms with van der Waals surface area (Å²) in [6.07, 6.45) is 4.56. The van der Waals surface area contributed by atoms with E-state index in [2.05, 4.69) is 10.3 Å². The Balaban J connectivity index is 1.38. The van der Waals surface area contributed by atoms with E-state index in [1.54, 1.807) is 17.8 Å².